The molecule has 37 heavy (non-hydrogen) atoms. The Morgan fingerprint density at radius 3 is 2.68 bits per heavy atom. The second kappa shape index (κ2) is 9.64. The summed E-state index contributed by atoms with van der Waals surface area (Å²) >= 11 is 1.45. The molecule has 2 aliphatic carbocycles. The van der Waals surface area contributed by atoms with Crippen molar-refractivity contribution in [3.8, 4) is 10.6 Å². The van der Waals surface area contributed by atoms with E-state index in [9.17, 15) is 19.0 Å². The summed E-state index contributed by atoms with van der Waals surface area (Å²) in [5.41, 5.74) is 0.933. The minimum Gasteiger partial charge on any atom is -0.388 e. The van der Waals surface area contributed by atoms with Gasteiger partial charge in [0.1, 0.15) is 22.4 Å². The molecule has 4 N–H and O–H groups in total. The van der Waals surface area contributed by atoms with Crippen LogP contribution in [0.1, 0.15) is 56.8 Å². The van der Waals surface area contributed by atoms with Crippen molar-refractivity contribution in [2.24, 2.45) is 5.92 Å². The molecule has 3 heterocycles. The van der Waals surface area contributed by atoms with Crippen LogP contribution in [0.4, 0.5) is 20.5 Å². The van der Waals surface area contributed by atoms with Gasteiger partial charge in [0.2, 0.25) is 5.95 Å². The zero-order valence-electron chi connectivity index (χ0n) is 21.3. The van der Waals surface area contributed by atoms with Crippen LogP contribution in [0, 0.1) is 12.8 Å². The van der Waals surface area contributed by atoms with Gasteiger partial charge in [0, 0.05) is 25.8 Å². The first-order valence-electron chi connectivity index (χ1n) is 12.5. The summed E-state index contributed by atoms with van der Waals surface area (Å²) in [6.07, 6.45) is 2.05. The molecule has 0 bridgehead atoms. The van der Waals surface area contributed by atoms with E-state index >= 15 is 0 Å². The quantitative estimate of drug-likeness (QED) is 0.297. The summed E-state index contributed by atoms with van der Waals surface area (Å²) in [6, 6.07) is 1.91. The maximum Gasteiger partial charge on any atom is 0.250 e. The number of ether oxygens (including phenoxy) is 1. The van der Waals surface area contributed by atoms with E-state index in [0.29, 0.717) is 28.7 Å². The molecule has 4 atom stereocenters. The predicted molar refractivity (Wildman–Crippen MR) is 138 cm³/mol. The summed E-state index contributed by atoms with van der Waals surface area (Å²) < 4.78 is 34.5. The fourth-order valence-electron chi connectivity index (χ4n) is 4.84. The van der Waals surface area contributed by atoms with Gasteiger partial charge < -0.3 is 25.6 Å². The number of nitrogens with one attached hydrogen (secondary N) is 2. The minimum absolute atomic E-state index is 0.0401. The number of aliphatic hydroxyl groups is 2. The number of aryl methyl sites for hydroxylation is 1. The highest BCUT2D eigenvalue weighted by Crippen LogP contribution is 2.46. The van der Waals surface area contributed by atoms with Gasteiger partial charge in [-0.05, 0) is 52.5 Å². The van der Waals surface area contributed by atoms with Crippen molar-refractivity contribution in [1.29, 1.82) is 0 Å². The van der Waals surface area contributed by atoms with E-state index in [1.165, 1.54) is 11.3 Å². The molecular weight excluding hydrogens is 502 g/mol. The number of pyridine rings is 1. The standard InChI is InChI=1S/C25H32F2N6O3S/c1-12(36-4)11-29-23-30-13(2)17(22-31-19-16(37-22)8-10-28-18(19)14-5-6-14)21(32-23)33-25(35)9-7-15(20(25)34)24(3,26)27/h8,10,12,14-15,20,34-35H,5-7,9,11H2,1-4H3,(H2,29,30,32,33). The molecule has 0 aliphatic heterocycles. The van der Waals surface area contributed by atoms with Crippen molar-refractivity contribution >= 4 is 33.3 Å². The molecule has 200 valence electrons. The number of nitrogens with zero attached hydrogens (tertiary/aromatic N) is 4. The molecule has 4 unspecified atom stereocenters. The maximum atomic E-state index is 14.1. The van der Waals surface area contributed by atoms with Gasteiger partial charge in [0.15, 0.2) is 5.72 Å². The topological polar surface area (TPSA) is 125 Å². The van der Waals surface area contributed by atoms with Gasteiger partial charge in [-0.3, -0.25) is 4.98 Å². The van der Waals surface area contributed by atoms with E-state index in [0.717, 1.165) is 35.7 Å². The highest BCUT2D eigenvalue weighted by Gasteiger charge is 2.55. The lowest BCUT2D eigenvalue weighted by molar-refractivity contribution is -0.117. The minimum atomic E-state index is -3.14. The second-order valence-corrected chi connectivity index (χ2v) is 11.2. The molecule has 0 aromatic carbocycles. The van der Waals surface area contributed by atoms with Gasteiger partial charge >= 0.3 is 0 Å². The van der Waals surface area contributed by atoms with Crippen LogP contribution < -0.4 is 10.6 Å². The Labute approximate surface area is 217 Å². The zero-order valence-corrected chi connectivity index (χ0v) is 22.1. The zero-order chi connectivity index (χ0) is 26.5. The maximum absolute atomic E-state index is 14.1. The van der Waals surface area contributed by atoms with Crippen molar-refractivity contribution < 1.29 is 23.7 Å². The Hall–Kier alpha value is -2.54. The van der Waals surface area contributed by atoms with Crippen molar-refractivity contribution in [3.05, 3.63) is 23.7 Å². The largest absolute Gasteiger partial charge is 0.388 e. The number of rotatable bonds is 9. The molecule has 12 heteroatoms. The molecular formula is C25H32F2N6O3S. The lowest BCUT2D eigenvalue weighted by Gasteiger charge is -2.32. The average Bonchev–Trinajstić information content (AvgIpc) is 3.51. The number of aromatic nitrogens is 4. The number of aliphatic hydroxyl groups excluding tert-OH is 1. The lowest BCUT2D eigenvalue weighted by Crippen LogP contribution is -2.50. The summed E-state index contributed by atoms with van der Waals surface area (Å²) in [4.78, 5) is 18.6. The highest BCUT2D eigenvalue weighted by molar-refractivity contribution is 7.21. The molecule has 2 fully saturated rings. The van der Waals surface area contributed by atoms with Crippen LogP contribution in [-0.4, -0.2) is 67.7 Å². The van der Waals surface area contributed by atoms with E-state index in [4.69, 9.17) is 9.72 Å². The Balaban J connectivity index is 1.57. The van der Waals surface area contributed by atoms with E-state index < -0.39 is 23.7 Å². The van der Waals surface area contributed by atoms with Gasteiger partial charge in [0.25, 0.3) is 5.92 Å². The number of halogens is 2. The Bertz CT molecular complexity index is 1300. The molecule has 5 rings (SSSR count). The molecule has 2 aliphatic rings. The molecule has 3 aromatic rings. The third-order valence-corrected chi connectivity index (χ3v) is 8.28. The predicted octanol–water partition coefficient (Wildman–Crippen LogP) is 4.31. The number of alkyl halides is 2. The molecule has 0 spiro atoms. The number of anilines is 2. The molecule has 0 amide bonds. The van der Waals surface area contributed by atoms with Crippen molar-refractivity contribution in [1.82, 2.24) is 19.9 Å². The van der Waals surface area contributed by atoms with Crippen molar-refractivity contribution in [2.75, 3.05) is 24.3 Å². The Morgan fingerprint density at radius 2 is 2.03 bits per heavy atom. The third kappa shape index (κ3) is 5.12. The number of fused-ring (bicyclic) bond motifs is 1. The van der Waals surface area contributed by atoms with Crippen LogP contribution in [-0.2, 0) is 4.74 Å². The summed E-state index contributed by atoms with van der Waals surface area (Å²) in [7, 11) is 1.60. The smallest absolute Gasteiger partial charge is 0.250 e. The van der Waals surface area contributed by atoms with E-state index in [-0.39, 0.29) is 30.7 Å². The average molecular weight is 535 g/mol. The van der Waals surface area contributed by atoms with Gasteiger partial charge in [-0.15, -0.1) is 11.3 Å². The Kier molecular flexibility index (Phi) is 6.80. The first-order chi connectivity index (χ1) is 17.5. The molecule has 0 radical (unpaired) electrons. The lowest BCUT2D eigenvalue weighted by atomic mass is 9.97. The van der Waals surface area contributed by atoms with E-state index in [1.54, 1.807) is 20.2 Å². The summed E-state index contributed by atoms with van der Waals surface area (Å²) in [6.45, 7) is 4.89. The van der Waals surface area contributed by atoms with Crippen molar-refractivity contribution in [3.63, 3.8) is 0 Å². The first-order valence-corrected chi connectivity index (χ1v) is 13.3. The Morgan fingerprint density at radius 1 is 1.27 bits per heavy atom. The fourth-order valence-corrected chi connectivity index (χ4v) is 5.91. The van der Waals surface area contributed by atoms with Gasteiger partial charge in [-0.25, -0.2) is 18.7 Å². The monoisotopic (exact) mass is 534 g/mol. The van der Waals surface area contributed by atoms with E-state index in [1.807, 2.05) is 13.0 Å². The molecule has 2 saturated carbocycles. The van der Waals surface area contributed by atoms with Crippen LogP contribution >= 0.6 is 11.3 Å². The van der Waals surface area contributed by atoms with Crippen LogP contribution in [0.2, 0.25) is 0 Å². The molecule has 3 aromatic heterocycles. The molecule has 9 nitrogen and oxygen atoms in total. The van der Waals surface area contributed by atoms with Crippen LogP contribution in [0.3, 0.4) is 0 Å². The van der Waals surface area contributed by atoms with Gasteiger partial charge in [-0.2, -0.15) is 4.98 Å². The number of hydrogen-bond acceptors (Lipinski definition) is 10. The molecule has 0 saturated heterocycles. The number of hydrogen-bond donors (Lipinski definition) is 4. The second-order valence-electron chi connectivity index (χ2n) is 10.2. The summed E-state index contributed by atoms with van der Waals surface area (Å²) in [5.74, 6) is -3.63. The van der Waals surface area contributed by atoms with Crippen LogP contribution in [0.15, 0.2) is 12.3 Å². The highest BCUT2D eigenvalue weighted by atomic mass is 32.1. The first kappa shape index (κ1) is 26.1. The SMILES string of the molecule is COC(C)CNc1nc(C)c(-c2nc3c(C4CC4)nccc3s2)c(NC2(O)CCC(C(C)(F)F)C2O)n1. The van der Waals surface area contributed by atoms with Crippen molar-refractivity contribution in [2.45, 2.75) is 76.2 Å². The normalized spacial score (nSPS) is 25.0. The summed E-state index contributed by atoms with van der Waals surface area (Å²) in [5, 5.41) is 28.7. The third-order valence-electron chi connectivity index (χ3n) is 7.25. The van der Waals surface area contributed by atoms with E-state index in [2.05, 4.69) is 25.6 Å². The number of methoxy groups -OCH3 is 1. The van der Waals surface area contributed by atoms with Gasteiger partial charge in [-0.1, -0.05) is 0 Å². The fraction of sp³-hybridized carbons (Fsp3) is 0.600. The van der Waals surface area contributed by atoms with Gasteiger partial charge in [0.05, 0.1) is 33.7 Å². The van der Waals surface area contributed by atoms with Crippen LogP contribution in [0.25, 0.3) is 20.8 Å². The van der Waals surface area contributed by atoms with Crippen LogP contribution in [0.5, 0.6) is 0 Å². The number of thiazole rings is 1.